The first-order valence-electron chi connectivity index (χ1n) is 29.4. The maximum atomic E-state index is 12.1. The van der Waals surface area contributed by atoms with E-state index in [1.165, 1.54) is 12.8 Å². The number of hydrogen-bond acceptors (Lipinski definition) is 11. The Kier molecular flexibility index (Phi) is 27.5. The Morgan fingerprint density at radius 1 is 0.500 bits per heavy atom. The van der Waals surface area contributed by atoms with Crippen LogP contribution in [0.1, 0.15) is 177 Å². The molecule has 428 valence electrons. The lowest BCUT2D eigenvalue weighted by atomic mass is 9.83. The Bertz CT molecular complexity index is 2260. The summed E-state index contributed by atoms with van der Waals surface area (Å²) in [4.78, 5) is 75.1. The van der Waals surface area contributed by atoms with E-state index in [1.807, 2.05) is 95.9 Å². The lowest BCUT2D eigenvalue weighted by Crippen LogP contribution is -2.43. The molecule has 0 aromatic heterocycles. The molecule has 4 saturated carbocycles. The SMILES string of the molecule is N[C@@H]1CCC[C@H](CC(=O)OCc2ccccc2)C1.N[C@H]1CCC[C@@H](N2CCCC2=O)C1.O=C(CCCCl)N[C@@H]1CCC[C@H](CC(=O)OCc2ccccc2)C1.O=C(C[C@H]1CCC[C@@H](N2CCCC2=O)C1)OCc1ccccc1. The molecule has 78 heavy (non-hydrogen) atoms. The molecule has 14 nitrogen and oxygen atoms in total. The summed E-state index contributed by atoms with van der Waals surface area (Å²) in [7, 11) is 0. The van der Waals surface area contributed by atoms with Crippen LogP contribution in [0.2, 0.25) is 0 Å². The number of rotatable bonds is 18. The van der Waals surface area contributed by atoms with Crippen LogP contribution in [0.15, 0.2) is 91.0 Å². The summed E-state index contributed by atoms with van der Waals surface area (Å²) in [5.41, 5.74) is 14.9. The first-order valence-corrected chi connectivity index (χ1v) is 30.0. The summed E-state index contributed by atoms with van der Waals surface area (Å²) in [6.45, 7) is 2.91. The third-order valence-corrected chi connectivity index (χ3v) is 16.4. The van der Waals surface area contributed by atoms with Crippen molar-refractivity contribution >= 4 is 47.2 Å². The number of halogens is 1. The van der Waals surface area contributed by atoms with E-state index in [9.17, 15) is 28.8 Å². The molecule has 6 fully saturated rings. The normalized spacial score (nSPS) is 24.9. The van der Waals surface area contributed by atoms with Crippen molar-refractivity contribution in [2.75, 3.05) is 19.0 Å². The molecule has 4 aliphatic carbocycles. The summed E-state index contributed by atoms with van der Waals surface area (Å²) < 4.78 is 16.0. The Labute approximate surface area is 469 Å². The maximum Gasteiger partial charge on any atom is 0.306 e. The molecule has 3 aromatic carbocycles. The zero-order valence-corrected chi connectivity index (χ0v) is 47.1. The van der Waals surface area contributed by atoms with E-state index in [1.54, 1.807) is 0 Å². The highest BCUT2D eigenvalue weighted by Gasteiger charge is 2.34. The number of nitrogens with one attached hydrogen (secondary N) is 1. The van der Waals surface area contributed by atoms with Crippen molar-refractivity contribution in [3.63, 3.8) is 0 Å². The van der Waals surface area contributed by atoms with Gasteiger partial charge in [-0.25, -0.2) is 0 Å². The summed E-state index contributed by atoms with van der Waals surface area (Å²) in [6, 6.07) is 30.8. The van der Waals surface area contributed by atoms with E-state index in [2.05, 4.69) is 10.2 Å². The van der Waals surface area contributed by atoms with E-state index in [0.717, 1.165) is 139 Å². The molecule has 2 saturated heterocycles. The zero-order valence-electron chi connectivity index (χ0n) is 46.3. The van der Waals surface area contributed by atoms with E-state index >= 15 is 0 Å². The highest BCUT2D eigenvalue weighted by atomic mass is 35.5. The number of hydrogen-bond donors (Lipinski definition) is 3. The van der Waals surface area contributed by atoms with Gasteiger partial charge < -0.3 is 40.8 Å². The molecule has 0 radical (unpaired) electrons. The van der Waals surface area contributed by atoms with Gasteiger partial charge in [-0.1, -0.05) is 110 Å². The number of carbonyl (C=O) groups excluding carboxylic acids is 6. The number of carbonyl (C=O) groups is 6. The molecule has 0 bridgehead atoms. The van der Waals surface area contributed by atoms with Gasteiger partial charge in [0.15, 0.2) is 0 Å². The minimum atomic E-state index is -0.155. The van der Waals surface area contributed by atoms with Crippen LogP contribution in [0.4, 0.5) is 0 Å². The number of nitrogens with zero attached hydrogens (tertiary/aromatic N) is 2. The Hall–Kier alpha value is -5.31. The van der Waals surface area contributed by atoms with Crippen LogP contribution < -0.4 is 16.8 Å². The van der Waals surface area contributed by atoms with Crippen LogP contribution in [-0.2, 0) is 62.8 Å². The predicted molar refractivity (Wildman–Crippen MR) is 304 cm³/mol. The maximum absolute atomic E-state index is 12.1. The standard InChI is InChI=1S/C19H26ClNO3.C19H25NO3.C15H21NO2.C10H18N2O/c20-11-5-10-18(22)21-17-9-4-8-16(12-17)13-19(23)24-14-15-6-2-1-3-7-15;21-18-10-5-11-20(18)17-9-4-8-16(12-17)13-19(22)23-14-15-6-2-1-3-7-15;16-14-8-4-7-13(9-14)10-15(17)18-11-12-5-2-1-3-6-12;11-8-3-1-4-9(7-8)12-6-2-5-10(12)13/h1-3,6-7,16-17H,4-5,8-14H2,(H,21,22);1-3,6-7,16-17H,4-5,8-14H2;1-3,5-6,13-14H,4,7-11,16H2;8-9H,1-7,11H2/t2*16-,17+;13-,14+;8-,9+/m0000/s1. The highest BCUT2D eigenvalue weighted by Crippen LogP contribution is 2.33. The molecular formula is C63H90ClN5O9. The van der Waals surface area contributed by atoms with Gasteiger partial charge in [-0.15, -0.1) is 11.6 Å². The smallest absolute Gasteiger partial charge is 0.306 e. The number of amides is 3. The molecule has 3 amide bonds. The number of alkyl halides is 1. The summed E-state index contributed by atoms with van der Waals surface area (Å²) in [5.74, 6) is 1.90. The Balaban J connectivity index is 0.000000172. The van der Waals surface area contributed by atoms with E-state index < -0.39 is 0 Å². The van der Waals surface area contributed by atoms with Crippen LogP contribution in [-0.4, -0.2) is 94.6 Å². The predicted octanol–water partition coefficient (Wildman–Crippen LogP) is 10.6. The van der Waals surface area contributed by atoms with Crippen molar-refractivity contribution in [3.8, 4) is 0 Å². The first-order chi connectivity index (χ1) is 37.9. The fourth-order valence-corrected chi connectivity index (χ4v) is 12.2. The molecule has 9 rings (SSSR count). The number of esters is 3. The van der Waals surface area contributed by atoms with Crippen molar-refractivity contribution in [1.82, 2.24) is 15.1 Å². The quantitative estimate of drug-likeness (QED) is 0.0622. The van der Waals surface area contributed by atoms with E-state index in [-0.39, 0.29) is 35.9 Å². The van der Waals surface area contributed by atoms with Gasteiger partial charge in [0.2, 0.25) is 17.7 Å². The van der Waals surface area contributed by atoms with Crippen LogP contribution in [0.3, 0.4) is 0 Å². The minimum absolute atomic E-state index is 0.0629. The molecule has 5 N–H and O–H groups in total. The van der Waals surface area contributed by atoms with Gasteiger partial charge in [0.1, 0.15) is 19.8 Å². The van der Waals surface area contributed by atoms with Crippen LogP contribution >= 0.6 is 11.6 Å². The third-order valence-electron chi connectivity index (χ3n) is 16.1. The molecule has 6 aliphatic rings. The summed E-state index contributed by atoms with van der Waals surface area (Å²) in [6.07, 6.45) is 23.0. The van der Waals surface area contributed by atoms with E-state index in [4.69, 9.17) is 37.3 Å². The van der Waals surface area contributed by atoms with Gasteiger partial charge in [0.05, 0.1) is 0 Å². The first kappa shape index (κ1) is 61.9. The average molecular weight is 1100 g/mol. The van der Waals surface area contributed by atoms with Gasteiger partial charge in [0, 0.05) is 87.7 Å². The van der Waals surface area contributed by atoms with Crippen LogP contribution in [0, 0.1) is 17.8 Å². The molecule has 3 aromatic rings. The van der Waals surface area contributed by atoms with Gasteiger partial charge in [0.25, 0.3) is 0 Å². The summed E-state index contributed by atoms with van der Waals surface area (Å²) >= 11 is 5.61. The topological polar surface area (TPSA) is 201 Å². The average Bonchev–Trinajstić information content (AvgIpc) is 4.10. The number of likely N-dealkylation sites (tertiary alicyclic amines) is 2. The third kappa shape index (κ3) is 23.2. The fourth-order valence-electron chi connectivity index (χ4n) is 12.1. The number of nitrogens with two attached hydrogens (primary N) is 2. The molecule has 2 heterocycles. The monoisotopic (exact) mass is 1100 g/mol. The largest absolute Gasteiger partial charge is 0.461 e. The minimum Gasteiger partial charge on any atom is -0.461 e. The van der Waals surface area contributed by atoms with Crippen molar-refractivity contribution in [2.45, 2.75) is 211 Å². The fraction of sp³-hybridized carbons (Fsp3) is 0.619. The molecule has 8 atom stereocenters. The van der Waals surface area contributed by atoms with Crippen molar-refractivity contribution in [3.05, 3.63) is 108 Å². The second-order valence-corrected chi connectivity index (χ2v) is 23.0. The molecule has 0 spiro atoms. The highest BCUT2D eigenvalue weighted by molar-refractivity contribution is 6.17. The van der Waals surface area contributed by atoms with Gasteiger partial charge in [-0.05, 0) is 137 Å². The lowest BCUT2D eigenvalue weighted by Gasteiger charge is -2.35. The number of benzene rings is 3. The van der Waals surface area contributed by atoms with Crippen LogP contribution in [0.5, 0.6) is 0 Å². The Morgan fingerprint density at radius 2 is 0.897 bits per heavy atom. The van der Waals surface area contributed by atoms with Crippen molar-refractivity contribution in [1.29, 1.82) is 0 Å². The zero-order chi connectivity index (χ0) is 55.3. The lowest BCUT2D eigenvalue weighted by molar-refractivity contribution is -0.147. The van der Waals surface area contributed by atoms with E-state index in [0.29, 0.717) is 112 Å². The molecule has 2 aliphatic heterocycles. The van der Waals surface area contributed by atoms with Crippen molar-refractivity contribution < 1.29 is 43.0 Å². The second-order valence-electron chi connectivity index (χ2n) is 22.6. The second kappa shape index (κ2) is 34.6. The number of ether oxygens (including phenoxy) is 3. The van der Waals surface area contributed by atoms with Gasteiger partial charge in [-0.2, -0.15) is 0 Å². The molecule has 15 heteroatoms. The van der Waals surface area contributed by atoms with Gasteiger partial charge >= 0.3 is 17.9 Å². The van der Waals surface area contributed by atoms with Crippen molar-refractivity contribution in [2.24, 2.45) is 29.2 Å². The molecule has 0 unspecified atom stereocenters. The Morgan fingerprint density at radius 3 is 1.32 bits per heavy atom. The van der Waals surface area contributed by atoms with Gasteiger partial charge in [-0.3, -0.25) is 28.8 Å². The summed E-state index contributed by atoms with van der Waals surface area (Å²) in [5, 5.41) is 3.07. The molecular weight excluding hydrogens is 1010 g/mol. The van der Waals surface area contributed by atoms with Crippen LogP contribution in [0.25, 0.3) is 0 Å².